The van der Waals surface area contributed by atoms with Gasteiger partial charge in [-0.2, -0.15) is 13.2 Å². The summed E-state index contributed by atoms with van der Waals surface area (Å²) in [6.07, 6.45) is -4.62. The van der Waals surface area contributed by atoms with Crippen LogP contribution in [-0.4, -0.2) is 6.18 Å². The summed E-state index contributed by atoms with van der Waals surface area (Å²) in [5.74, 6) is -1.99. The van der Waals surface area contributed by atoms with Gasteiger partial charge in [-0.25, -0.2) is 0 Å². The zero-order valence-electron chi connectivity index (χ0n) is 18.6. The Balaban J connectivity index is 1.74. The lowest BCUT2D eigenvalue weighted by atomic mass is 9.82. The topological polar surface area (TPSA) is 52.0 Å². The minimum absolute atomic E-state index is 0.0353. The maximum Gasteiger partial charge on any atom is 0.399 e. The Hall–Kier alpha value is -4.25. The van der Waals surface area contributed by atoms with Crippen LogP contribution in [0.1, 0.15) is 17.0 Å². The second-order valence-corrected chi connectivity index (χ2v) is 8.95. The highest BCUT2D eigenvalue weighted by Crippen LogP contribution is 2.49. The molecule has 4 N–H and O–H groups in total. The SMILES string of the molecule is Nc1ccc2cc3ccccc3cc2c1C(c1c(N)ccc2cc3ccccc3cc12)C(F)(F)F. The number of rotatable bonds is 2. The maximum absolute atomic E-state index is 15.0. The van der Waals surface area contributed by atoms with Crippen LogP contribution in [-0.2, 0) is 0 Å². The van der Waals surface area contributed by atoms with E-state index in [0.717, 1.165) is 21.5 Å². The molecule has 0 bridgehead atoms. The van der Waals surface area contributed by atoms with Gasteiger partial charge in [0.1, 0.15) is 5.92 Å². The second-order valence-electron chi connectivity index (χ2n) is 8.95. The summed E-state index contributed by atoms with van der Waals surface area (Å²) in [5, 5.41) is 5.96. The van der Waals surface area contributed by atoms with E-state index in [-0.39, 0.29) is 22.5 Å². The molecule has 5 heteroatoms. The number of hydrogen-bond donors (Lipinski definition) is 2. The molecule has 0 aliphatic rings. The molecular formula is C30H21F3N2. The van der Waals surface area contributed by atoms with Gasteiger partial charge in [-0.15, -0.1) is 0 Å². The summed E-state index contributed by atoms with van der Waals surface area (Å²) >= 11 is 0. The molecule has 0 saturated heterocycles. The van der Waals surface area contributed by atoms with Crippen molar-refractivity contribution in [3.05, 3.63) is 108 Å². The zero-order valence-corrected chi connectivity index (χ0v) is 18.6. The van der Waals surface area contributed by atoms with Gasteiger partial charge in [0.25, 0.3) is 0 Å². The van der Waals surface area contributed by atoms with Crippen molar-refractivity contribution in [3.8, 4) is 0 Å². The number of benzene rings is 6. The normalized spacial score (nSPS) is 12.3. The average molecular weight is 467 g/mol. The van der Waals surface area contributed by atoms with Gasteiger partial charge in [-0.05, 0) is 90.6 Å². The summed E-state index contributed by atoms with van der Waals surface area (Å²) in [5.41, 5.74) is 12.9. The lowest BCUT2D eigenvalue weighted by Crippen LogP contribution is -2.24. The van der Waals surface area contributed by atoms with Crippen molar-refractivity contribution in [2.45, 2.75) is 12.1 Å². The van der Waals surface area contributed by atoms with Gasteiger partial charge in [0.05, 0.1) is 0 Å². The molecule has 0 spiro atoms. The van der Waals surface area contributed by atoms with Crippen molar-refractivity contribution in [1.29, 1.82) is 0 Å². The Morgan fingerprint density at radius 3 is 1.23 bits per heavy atom. The lowest BCUT2D eigenvalue weighted by Gasteiger charge is -2.27. The Morgan fingerprint density at radius 2 is 0.857 bits per heavy atom. The van der Waals surface area contributed by atoms with Crippen LogP contribution in [0.2, 0.25) is 0 Å². The Bertz CT molecular complexity index is 1640. The van der Waals surface area contributed by atoms with Crippen LogP contribution in [0.25, 0.3) is 43.1 Å². The van der Waals surface area contributed by atoms with Crippen molar-refractivity contribution in [2.24, 2.45) is 0 Å². The second kappa shape index (κ2) is 7.64. The third-order valence-electron chi connectivity index (χ3n) is 6.83. The first-order valence-electron chi connectivity index (χ1n) is 11.3. The summed E-state index contributed by atoms with van der Waals surface area (Å²) in [6.45, 7) is 0. The van der Waals surface area contributed by atoms with E-state index in [1.54, 1.807) is 36.4 Å². The van der Waals surface area contributed by atoms with Gasteiger partial charge in [0, 0.05) is 11.4 Å². The number of hydrogen-bond acceptors (Lipinski definition) is 2. The molecule has 0 aliphatic carbocycles. The predicted octanol–water partition coefficient (Wildman–Crippen LogP) is 8.16. The molecule has 35 heavy (non-hydrogen) atoms. The first-order chi connectivity index (χ1) is 16.8. The van der Waals surface area contributed by atoms with Crippen molar-refractivity contribution in [3.63, 3.8) is 0 Å². The molecule has 6 rings (SSSR count). The van der Waals surface area contributed by atoms with E-state index >= 15 is 13.2 Å². The summed E-state index contributed by atoms with van der Waals surface area (Å²) in [6, 6.07) is 29.3. The van der Waals surface area contributed by atoms with E-state index < -0.39 is 12.1 Å². The van der Waals surface area contributed by atoms with E-state index in [9.17, 15) is 0 Å². The summed E-state index contributed by atoms with van der Waals surface area (Å²) in [7, 11) is 0. The van der Waals surface area contributed by atoms with Gasteiger partial charge in [-0.1, -0.05) is 60.7 Å². The summed E-state index contributed by atoms with van der Waals surface area (Å²) in [4.78, 5) is 0. The summed E-state index contributed by atoms with van der Waals surface area (Å²) < 4.78 is 45.1. The fourth-order valence-corrected chi connectivity index (χ4v) is 5.22. The van der Waals surface area contributed by atoms with E-state index in [0.29, 0.717) is 21.5 Å². The molecule has 2 nitrogen and oxygen atoms in total. The molecular weight excluding hydrogens is 445 g/mol. The van der Waals surface area contributed by atoms with E-state index in [1.807, 2.05) is 60.7 Å². The smallest absolute Gasteiger partial charge is 0.398 e. The van der Waals surface area contributed by atoms with Gasteiger partial charge >= 0.3 is 6.18 Å². The standard InChI is InChI=1S/C30H21F3N2/c31-30(32,33)29(27-23-15-19-7-3-1-5-17(19)13-21(23)9-11-25(27)34)28-24-16-20-8-4-2-6-18(20)14-22(24)10-12-26(28)35/h1-16,29H,34-35H2. The molecule has 0 aromatic heterocycles. The number of anilines is 2. The highest BCUT2D eigenvalue weighted by atomic mass is 19.4. The number of nitrogens with two attached hydrogens (primary N) is 2. The first-order valence-corrected chi connectivity index (χ1v) is 11.3. The molecule has 0 radical (unpaired) electrons. The molecule has 0 heterocycles. The molecule has 0 aliphatic heterocycles. The van der Waals surface area contributed by atoms with Crippen LogP contribution in [0.5, 0.6) is 0 Å². The molecule has 172 valence electrons. The lowest BCUT2D eigenvalue weighted by molar-refractivity contribution is -0.140. The Labute approximate surface area is 199 Å². The van der Waals surface area contributed by atoms with Crippen LogP contribution >= 0.6 is 0 Å². The van der Waals surface area contributed by atoms with Gasteiger partial charge < -0.3 is 11.5 Å². The van der Waals surface area contributed by atoms with Crippen LogP contribution < -0.4 is 11.5 Å². The number of alkyl halides is 3. The van der Waals surface area contributed by atoms with Crippen molar-refractivity contribution >= 4 is 54.5 Å². The molecule has 0 saturated carbocycles. The molecule has 0 unspecified atom stereocenters. The largest absolute Gasteiger partial charge is 0.399 e. The molecule has 6 aromatic carbocycles. The van der Waals surface area contributed by atoms with E-state index in [1.165, 1.54) is 0 Å². The van der Waals surface area contributed by atoms with Crippen molar-refractivity contribution in [2.75, 3.05) is 11.5 Å². The molecule has 0 atom stereocenters. The monoisotopic (exact) mass is 466 g/mol. The van der Waals surface area contributed by atoms with Crippen LogP contribution in [0, 0.1) is 0 Å². The quantitative estimate of drug-likeness (QED) is 0.200. The minimum atomic E-state index is -4.62. The highest BCUT2D eigenvalue weighted by Gasteiger charge is 2.45. The first kappa shape index (κ1) is 21.3. The van der Waals surface area contributed by atoms with E-state index in [2.05, 4.69) is 0 Å². The fourth-order valence-electron chi connectivity index (χ4n) is 5.22. The van der Waals surface area contributed by atoms with Gasteiger partial charge in [-0.3, -0.25) is 0 Å². The van der Waals surface area contributed by atoms with Crippen molar-refractivity contribution in [1.82, 2.24) is 0 Å². The minimum Gasteiger partial charge on any atom is -0.398 e. The Kier molecular flexibility index (Phi) is 4.65. The van der Waals surface area contributed by atoms with Gasteiger partial charge in [0.15, 0.2) is 0 Å². The van der Waals surface area contributed by atoms with E-state index in [4.69, 9.17) is 11.5 Å². The zero-order chi connectivity index (χ0) is 24.3. The van der Waals surface area contributed by atoms with Crippen LogP contribution in [0.3, 0.4) is 0 Å². The third kappa shape index (κ3) is 3.43. The van der Waals surface area contributed by atoms with Gasteiger partial charge in [0.2, 0.25) is 0 Å². The maximum atomic E-state index is 15.0. The highest BCUT2D eigenvalue weighted by molar-refractivity contribution is 6.04. The number of fused-ring (bicyclic) bond motifs is 4. The average Bonchev–Trinajstić information content (AvgIpc) is 2.84. The van der Waals surface area contributed by atoms with Crippen molar-refractivity contribution < 1.29 is 13.2 Å². The fraction of sp³-hybridized carbons (Fsp3) is 0.0667. The molecule has 6 aromatic rings. The molecule has 0 amide bonds. The predicted molar refractivity (Wildman–Crippen MR) is 140 cm³/mol. The Morgan fingerprint density at radius 1 is 0.486 bits per heavy atom. The third-order valence-corrected chi connectivity index (χ3v) is 6.83. The van der Waals surface area contributed by atoms with Crippen LogP contribution in [0.15, 0.2) is 97.1 Å². The number of nitrogen functional groups attached to an aromatic ring is 2. The number of halogens is 3. The molecule has 0 fully saturated rings. The van der Waals surface area contributed by atoms with Crippen LogP contribution in [0.4, 0.5) is 24.5 Å².